The zero-order valence-corrected chi connectivity index (χ0v) is 20.2. The molecule has 3 aromatic carbocycles. The lowest BCUT2D eigenvalue weighted by Gasteiger charge is -2.24. The Morgan fingerprint density at radius 1 is 1.03 bits per heavy atom. The van der Waals surface area contributed by atoms with E-state index in [2.05, 4.69) is 10.5 Å². The first-order valence-corrected chi connectivity index (χ1v) is 11.9. The van der Waals surface area contributed by atoms with E-state index in [9.17, 15) is 13.2 Å². The number of nitrogens with one attached hydrogen (secondary N) is 1. The molecule has 3 aromatic rings. The second-order valence-electron chi connectivity index (χ2n) is 6.95. The summed E-state index contributed by atoms with van der Waals surface area (Å²) in [6.07, 6.45) is 1.30. The number of hydrazone groups is 1. The van der Waals surface area contributed by atoms with Gasteiger partial charge in [-0.15, -0.1) is 0 Å². The fourth-order valence-corrected chi connectivity index (χ4v) is 4.79. The van der Waals surface area contributed by atoms with Crippen LogP contribution in [0.5, 0.6) is 5.75 Å². The summed E-state index contributed by atoms with van der Waals surface area (Å²) in [4.78, 5) is 12.7. The Bertz CT molecular complexity index is 1240. The predicted molar refractivity (Wildman–Crippen MR) is 131 cm³/mol. The molecule has 0 saturated heterocycles. The maximum absolute atomic E-state index is 13.4. The van der Waals surface area contributed by atoms with Crippen LogP contribution in [0, 0.1) is 6.92 Å². The lowest BCUT2D eigenvalue weighted by atomic mass is 10.2. The van der Waals surface area contributed by atoms with Gasteiger partial charge >= 0.3 is 0 Å². The number of ether oxygens (including phenoxy) is 1. The SMILES string of the molecule is COc1ccc(N(CC(=O)N/N=C/c2c(Cl)cccc2Cl)S(=O)(=O)c2ccc(C)cc2)cc1. The van der Waals surface area contributed by atoms with Crippen LogP contribution in [0.4, 0.5) is 5.69 Å². The summed E-state index contributed by atoms with van der Waals surface area (Å²) >= 11 is 12.2. The van der Waals surface area contributed by atoms with Crippen LogP contribution in [0.1, 0.15) is 11.1 Å². The van der Waals surface area contributed by atoms with Crippen LogP contribution in [0.3, 0.4) is 0 Å². The number of sulfonamides is 1. The van der Waals surface area contributed by atoms with E-state index in [1.54, 1.807) is 54.6 Å². The Morgan fingerprint density at radius 2 is 1.64 bits per heavy atom. The molecule has 0 bridgehead atoms. The molecule has 1 N–H and O–H groups in total. The highest BCUT2D eigenvalue weighted by atomic mass is 35.5. The van der Waals surface area contributed by atoms with Crippen molar-refractivity contribution in [3.05, 3.63) is 87.9 Å². The first-order chi connectivity index (χ1) is 15.7. The minimum absolute atomic E-state index is 0.0584. The number of aryl methyl sites for hydroxylation is 1. The lowest BCUT2D eigenvalue weighted by Crippen LogP contribution is -2.39. The Hall–Kier alpha value is -3.07. The summed E-state index contributed by atoms with van der Waals surface area (Å²) in [5, 5.41) is 4.60. The fourth-order valence-electron chi connectivity index (χ4n) is 2.87. The van der Waals surface area contributed by atoms with Crippen LogP contribution >= 0.6 is 23.2 Å². The van der Waals surface area contributed by atoms with Crippen molar-refractivity contribution in [1.29, 1.82) is 0 Å². The lowest BCUT2D eigenvalue weighted by molar-refractivity contribution is -0.119. The number of hydrogen-bond acceptors (Lipinski definition) is 5. The topological polar surface area (TPSA) is 88.1 Å². The third kappa shape index (κ3) is 6.04. The molecule has 172 valence electrons. The number of nitrogens with zero attached hydrogens (tertiary/aromatic N) is 2. The average molecular weight is 506 g/mol. The van der Waals surface area contributed by atoms with Crippen LogP contribution in [0.2, 0.25) is 10.0 Å². The summed E-state index contributed by atoms with van der Waals surface area (Å²) in [5.41, 5.74) is 3.96. The minimum Gasteiger partial charge on any atom is -0.497 e. The maximum Gasteiger partial charge on any atom is 0.264 e. The second kappa shape index (κ2) is 10.7. The van der Waals surface area contributed by atoms with Crippen molar-refractivity contribution in [3.63, 3.8) is 0 Å². The molecule has 0 unspecified atom stereocenters. The highest BCUT2D eigenvalue weighted by Crippen LogP contribution is 2.26. The van der Waals surface area contributed by atoms with E-state index in [0.717, 1.165) is 9.87 Å². The number of anilines is 1. The molecular formula is C23H21Cl2N3O4S. The van der Waals surface area contributed by atoms with E-state index in [-0.39, 0.29) is 4.90 Å². The summed E-state index contributed by atoms with van der Waals surface area (Å²) < 4.78 is 32.9. The van der Waals surface area contributed by atoms with E-state index in [1.807, 2.05) is 6.92 Å². The van der Waals surface area contributed by atoms with Crippen molar-refractivity contribution in [2.24, 2.45) is 5.10 Å². The van der Waals surface area contributed by atoms with Crippen LogP contribution in [0.15, 0.2) is 76.7 Å². The third-order valence-corrected chi connectivity index (χ3v) is 7.09. The Kier molecular flexibility index (Phi) is 7.97. The van der Waals surface area contributed by atoms with E-state index < -0.39 is 22.5 Å². The van der Waals surface area contributed by atoms with Gasteiger partial charge in [0.05, 0.1) is 34.0 Å². The van der Waals surface area contributed by atoms with Gasteiger partial charge in [-0.25, -0.2) is 13.8 Å². The molecule has 3 rings (SSSR count). The van der Waals surface area contributed by atoms with Gasteiger partial charge in [-0.05, 0) is 55.5 Å². The zero-order chi connectivity index (χ0) is 24.0. The molecule has 0 heterocycles. The summed E-state index contributed by atoms with van der Waals surface area (Å²) in [5.74, 6) is -0.0990. The van der Waals surface area contributed by atoms with Crippen LogP contribution in [-0.4, -0.2) is 34.2 Å². The number of methoxy groups -OCH3 is 1. The van der Waals surface area contributed by atoms with Crippen molar-refractivity contribution in [2.45, 2.75) is 11.8 Å². The summed E-state index contributed by atoms with van der Waals surface area (Å²) in [7, 11) is -2.53. The first-order valence-electron chi connectivity index (χ1n) is 9.72. The molecule has 0 aliphatic heterocycles. The van der Waals surface area contributed by atoms with Gasteiger partial charge < -0.3 is 4.74 Å². The molecule has 0 aliphatic carbocycles. The molecule has 0 spiro atoms. The average Bonchev–Trinajstić information content (AvgIpc) is 2.80. The van der Waals surface area contributed by atoms with Crippen molar-refractivity contribution in [1.82, 2.24) is 5.43 Å². The molecule has 0 saturated carbocycles. The number of rotatable bonds is 8. The van der Waals surface area contributed by atoms with Crippen molar-refractivity contribution < 1.29 is 17.9 Å². The van der Waals surface area contributed by atoms with Crippen molar-refractivity contribution in [2.75, 3.05) is 18.0 Å². The number of hydrogen-bond donors (Lipinski definition) is 1. The van der Waals surface area contributed by atoms with Crippen molar-refractivity contribution in [3.8, 4) is 5.75 Å². The van der Waals surface area contributed by atoms with Gasteiger partial charge in [0.25, 0.3) is 15.9 Å². The molecule has 10 heteroatoms. The van der Waals surface area contributed by atoms with Gasteiger partial charge in [0.15, 0.2) is 0 Å². The standard InChI is InChI=1S/C23H21Cl2N3O4S/c1-16-6-12-19(13-7-16)33(30,31)28(17-8-10-18(32-2)11-9-17)15-23(29)27-26-14-20-21(24)4-3-5-22(20)25/h3-14H,15H2,1-2H3,(H,27,29)/b26-14+. The molecule has 1 amide bonds. The monoisotopic (exact) mass is 505 g/mol. The number of benzene rings is 3. The highest BCUT2D eigenvalue weighted by molar-refractivity contribution is 7.92. The molecular weight excluding hydrogens is 485 g/mol. The smallest absolute Gasteiger partial charge is 0.264 e. The van der Waals surface area contributed by atoms with Gasteiger partial charge in [0.2, 0.25) is 0 Å². The molecule has 0 aromatic heterocycles. The highest BCUT2D eigenvalue weighted by Gasteiger charge is 2.27. The maximum atomic E-state index is 13.4. The van der Waals surface area contributed by atoms with E-state index in [0.29, 0.717) is 27.0 Å². The fraction of sp³-hybridized carbons (Fsp3) is 0.130. The second-order valence-corrected chi connectivity index (χ2v) is 9.63. The van der Waals surface area contributed by atoms with Gasteiger partial charge in [-0.3, -0.25) is 9.10 Å². The quantitative estimate of drug-likeness (QED) is 0.356. The van der Waals surface area contributed by atoms with Crippen LogP contribution in [0.25, 0.3) is 0 Å². The van der Waals surface area contributed by atoms with E-state index in [4.69, 9.17) is 27.9 Å². The third-order valence-electron chi connectivity index (χ3n) is 4.64. The number of halogens is 2. The van der Waals surface area contributed by atoms with Gasteiger partial charge in [-0.1, -0.05) is 47.0 Å². The molecule has 0 aliphatic rings. The predicted octanol–water partition coefficient (Wildman–Crippen LogP) is 4.66. The van der Waals surface area contributed by atoms with Crippen molar-refractivity contribution >= 4 is 51.0 Å². The van der Waals surface area contributed by atoms with Gasteiger partial charge in [-0.2, -0.15) is 5.10 Å². The molecule has 0 fully saturated rings. The Labute approximate surface area is 202 Å². The largest absolute Gasteiger partial charge is 0.497 e. The molecule has 33 heavy (non-hydrogen) atoms. The van der Waals surface area contributed by atoms with Gasteiger partial charge in [0, 0.05) is 5.56 Å². The summed E-state index contributed by atoms with van der Waals surface area (Å²) in [6, 6.07) is 17.7. The van der Waals surface area contributed by atoms with Crippen LogP contribution < -0.4 is 14.5 Å². The number of carbonyl (C=O) groups is 1. The normalized spacial score (nSPS) is 11.4. The Balaban J connectivity index is 1.86. The van der Waals surface area contributed by atoms with Gasteiger partial charge in [0.1, 0.15) is 12.3 Å². The van der Waals surface area contributed by atoms with Crippen LogP contribution in [-0.2, 0) is 14.8 Å². The molecule has 7 nitrogen and oxygen atoms in total. The first kappa shape index (κ1) is 24.6. The van der Waals surface area contributed by atoms with E-state index in [1.165, 1.54) is 25.5 Å². The zero-order valence-electron chi connectivity index (χ0n) is 17.8. The Morgan fingerprint density at radius 3 is 2.21 bits per heavy atom. The number of carbonyl (C=O) groups excluding carboxylic acids is 1. The number of amides is 1. The minimum atomic E-state index is -4.04. The molecule has 0 radical (unpaired) electrons. The summed E-state index contributed by atoms with van der Waals surface area (Å²) in [6.45, 7) is 1.35. The van der Waals surface area contributed by atoms with E-state index >= 15 is 0 Å². The molecule has 0 atom stereocenters.